The molecule has 1 fully saturated rings. The van der Waals surface area contributed by atoms with Crippen LogP contribution in [0.4, 0.5) is 24.7 Å². The van der Waals surface area contributed by atoms with Crippen molar-refractivity contribution in [1.29, 1.82) is 0 Å². The van der Waals surface area contributed by atoms with E-state index in [1.54, 1.807) is 31.4 Å². The number of pyridine rings is 2. The Hall–Kier alpha value is -4.92. The molecule has 0 radical (unpaired) electrons. The van der Waals surface area contributed by atoms with E-state index in [9.17, 15) is 27.6 Å². The van der Waals surface area contributed by atoms with Crippen molar-refractivity contribution >= 4 is 51.5 Å². The predicted molar refractivity (Wildman–Crippen MR) is 192 cm³/mol. The molecule has 5 aromatic rings. The second kappa shape index (κ2) is 13.6. The predicted octanol–water partition coefficient (Wildman–Crippen LogP) is 6.29. The number of amides is 1. The normalized spacial score (nSPS) is 17.0. The van der Waals surface area contributed by atoms with Gasteiger partial charge in [-0.05, 0) is 43.0 Å². The van der Waals surface area contributed by atoms with Crippen LogP contribution in [0.2, 0.25) is 10.0 Å². The summed E-state index contributed by atoms with van der Waals surface area (Å²) in [5, 5.41) is 9.57. The number of methoxy groups -OCH3 is 1. The standard InChI is InChI=1S/C36H32Cl2F3N7O4/c1-47-25-15-26(36(39,40)41)46-32(29(25)34(50)48(2)35(47)51)44-23-9-5-7-20(31(23)38)19-6-4-8-21(30(19)37)24-14-17-10-12-22(28(17)33(45-24)52-3)42-16-18-11-13-27(49)43-18/h4-9,14-15,18,22,42H,10-13,16H2,1-3H3,(H,43,49)(H,44,46). The molecule has 1 aliphatic carbocycles. The van der Waals surface area contributed by atoms with Gasteiger partial charge >= 0.3 is 11.9 Å². The molecule has 2 atom stereocenters. The molecule has 0 bridgehead atoms. The van der Waals surface area contributed by atoms with Crippen molar-refractivity contribution in [2.45, 2.75) is 43.9 Å². The number of halogens is 5. The third kappa shape index (κ3) is 6.28. The molecule has 3 N–H and O–H groups in total. The summed E-state index contributed by atoms with van der Waals surface area (Å²) >= 11 is 14.0. The number of ether oxygens (including phenoxy) is 1. The average Bonchev–Trinajstić information content (AvgIpc) is 3.74. The molecular weight excluding hydrogens is 722 g/mol. The van der Waals surface area contributed by atoms with Crippen molar-refractivity contribution in [3.63, 3.8) is 0 Å². The number of fused-ring (bicyclic) bond motifs is 2. The van der Waals surface area contributed by atoms with E-state index >= 15 is 0 Å². The largest absolute Gasteiger partial charge is 0.481 e. The molecule has 270 valence electrons. The molecule has 7 rings (SSSR count). The number of carbonyl (C=O) groups is 1. The van der Waals surface area contributed by atoms with Gasteiger partial charge in [0.15, 0.2) is 0 Å². The number of anilines is 2. The van der Waals surface area contributed by atoms with Gasteiger partial charge in [0, 0.05) is 61.4 Å². The van der Waals surface area contributed by atoms with Crippen LogP contribution in [0.3, 0.4) is 0 Å². The van der Waals surface area contributed by atoms with Crippen LogP contribution in [-0.4, -0.2) is 44.7 Å². The maximum absolute atomic E-state index is 13.9. The number of rotatable bonds is 8. The van der Waals surface area contributed by atoms with Crippen LogP contribution in [0.15, 0.2) is 58.1 Å². The zero-order valence-corrected chi connectivity index (χ0v) is 29.6. The Bertz CT molecular complexity index is 2400. The van der Waals surface area contributed by atoms with Gasteiger partial charge < -0.3 is 20.7 Å². The van der Waals surface area contributed by atoms with E-state index in [-0.39, 0.29) is 39.6 Å². The summed E-state index contributed by atoms with van der Waals surface area (Å²) in [5.41, 5.74) is 1.17. The van der Waals surface area contributed by atoms with Gasteiger partial charge in [-0.1, -0.05) is 53.5 Å². The summed E-state index contributed by atoms with van der Waals surface area (Å²) < 4.78 is 49.4. The highest BCUT2D eigenvalue weighted by molar-refractivity contribution is 6.39. The van der Waals surface area contributed by atoms with Crippen LogP contribution >= 0.6 is 23.2 Å². The highest BCUT2D eigenvalue weighted by Gasteiger charge is 2.35. The molecule has 1 aliphatic heterocycles. The summed E-state index contributed by atoms with van der Waals surface area (Å²) in [4.78, 5) is 46.0. The van der Waals surface area contributed by atoms with Crippen LogP contribution in [0.1, 0.15) is 42.1 Å². The number of hydrogen-bond donors (Lipinski definition) is 3. The molecule has 16 heteroatoms. The Balaban J connectivity index is 1.25. The second-order valence-electron chi connectivity index (χ2n) is 12.8. The summed E-state index contributed by atoms with van der Waals surface area (Å²) in [5.74, 6) is 0.108. The number of nitrogens with zero attached hydrogens (tertiary/aromatic N) is 4. The summed E-state index contributed by atoms with van der Waals surface area (Å²) in [6, 6.07) is 13.0. The number of hydrogen-bond acceptors (Lipinski definition) is 8. The van der Waals surface area contributed by atoms with E-state index in [4.69, 9.17) is 32.9 Å². The molecule has 3 aromatic heterocycles. The molecule has 4 heterocycles. The molecule has 2 aromatic carbocycles. The maximum atomic E-state index is 13.9. The minimum Gasteiger partial charge on any atom is -0.481 e. The highest BCUT2D eigenvalue weighted by Crippen LogP contribution is 2.44. The quantitative estimate of drug-likeness (QED) is 0.169. The smallest absolute Gasteiger partial charge is 0.433 e. The lowest BCUT2D eigenvalue weighted by Gasteiger charge is -2.20. The summed E-state index contributed by atoms with van der Waals surface area (Å²) in [7, 11) is 4.07. The fourth-order valence-electron chi connectivity index (χ4n) is 6.95. The average molecular weight is 755 g/mol. The Labute approximate surface area is 304 Å². The zero-order chi connectivity index (χ0) is 37.1. The van der Waals surface area contributed by atoms with Crippen LogP contribution in [0.25, 0.3) is 33.3 Å². The lowest BCUT2D eigenvalue weighted by molar-refractivity contribution is -0.141. The fourth-order valence-corrected chi connectivity index (χ4v) is 7.55. The van der Waals surface area contributed by atoms with Gasteiger partial charge in [0.2, 0.25) is 11.8 Å². The number of nitrogens with one attached hydrogen (secondary N) is 3. The third-order valence-corrected chi connectivity index (χ3v) is 10.4. The molecule has 2 aliphatic rings. The van der Waals surface area contributed by atoms with E-state index in [2.05, 4.69) is 20.9 Å². The van der Waals surface area contributed by atoms with Crippen molar-refractivity contribution in [3.05, 3.63) is 96.2 Å². The van der Waals surface area contributed by atoms with Crippen molar-refractivity contribution in [1.82, 2.24) is 29.7 Å². The van der Waals surface area contributed by atoms with Gasteiger partial charge in [-0.3, -0.25) is 18.7 Å². The molecule has 52 heavy (non-hydrogen) atoms. The Morgan fingerprint density at radius 2 is 1.65 bits per heavy atom. The molecule has 11 nitrogen and oxygen atoms in total. The van der Waals surface area contributed by atoms with Crippen molar-refractivity contribution in [2.24, 2.45) is 14.1 Å². The van der Waals surface area contributed by atoms with E-state index < -0.39 is 28.9 Å². The topological polar surface area (TPSA) is 132 Å². The van der Waals surface area contributed by atoms with E-state index in [1.165, 1.54) is 20.2 Å². The Morgan fingerprint density at radius 3 is 2.35 bits per heavy atom. The Morgan fingerprint density at radius 1 is 0.942 bits per heavy atom. The number of aryl methyl sites for hydroxylation is 2. The third-order valence-electron chi connectivity index (χ3n) is 9.61. The second-order valence-corrected chi connectivity index (χ2v) is 13.6. The van der Waals surface area contributed by atoms with E-state index in [0.29, 0.717) is 52.3 Å². The van der Waals surface area contributed by atoms with Crippen molar-refractivity contribution in [2.75, 3.05) is 19.0 Å². The Kier molecular flexibility index (Phi) is 9.26. The van der Waals surface area contributed by atoms with Crippen LogP contribution < -0.4 is 31.9 Å². The van der Waals surface area contributed by atoms with Gasteiger partial charge in [-0.15, -0.1) is 0 Å². The fraction of sp³-hybridized carbons (Fsp3) is 0.306. The summed E-state index contributed by atoms with van der Waals surface area (Å²) in [6.45, 7) is 0.639. The van der Waals surface area contributed by atoms with E-state index in [1.807, 2.05) is 12.1 Å². The first kappa shape index (κ1) is 35.5. The van der Waals surface area contributed by atoms with Crippen LogP contribution in [0, 0.1) is 0 Å². The van der Waals surface area contributed by atoms with Gasteiger partial charge in [0.1, 0.15) is 16.9 Å². The minimum absolute atomic E-state index is 0.00774. The first-order chi connectivity index (χ1) is 24.8. The molecule has 2 unspecified atom stereocenters. The number of benzene rings is 2. The summed E-state index contributed by atoms with van der Waals surface area (Å²) in [6.07, 6.45) is -1.94. The molecule has 0 spiro atoms. The molecule has 0 saturated carbocycles. The zero-order valence-electron chi connectivity index (χ0n) is 28.1. The van der Waals surface area contributed by atoms with E-state index in [0.717, 1.165) is 39.5 Å². The van der Waals surface area contributed by atoms with Gasteiger partial charge in [-0.2, -0.15) is 13.2 Å². The molecular formula is C36H32Cl2F3N7O4. The number of aromatic nitrogens is 4. The number of alkyl halides is 3. The number of carbonyl (C=O) groups excluding carboxylic acids is 1. The SMILES string of the molecule is COc1nc(-c2cccc(-c3cccc(Nc4nc(C(F)(F)F)cc5c4c(=O)n(C)c(=O)n5C)c3Cl)c2Cl)cc2c1C(NCC1CCC(=O)N1)CC2. The van der Waals surface area contributed by atoms with Crippen molar-refractivity contribution in [3.8, 4) is 28.3 Å². The lowest BCUT2D eigenvalue weighted by atomic mass is 9.99. The van der Waals surface area contributed by atoms with Gasteiger partial charge in [-0.25, -0.2) is 14.8 Å². The first-order valence-electron chi connectivity index (χ1n) is 16.4. The minimum atomic E-state index is -4.87. The van der Waals surface area contributed by atoms with Gasteiger partial charge in [0.05, 0.1) is 34.1 Å². The molecule has 1 amide bonds. The first-order valence-corrected chi connectivity index (χ1v) is 17.2. The monoisotopic (exact) mass is 753 g/mol. The maximum Gasteiger partial charge on any atom is 0.433 e. The van der Waals surface area contributed by atoms with Crippen LogP contribution in [0.5, 0.6) is 5.88 Å². The van der Waals surface area contributed by atoms with Crippen molar-refractivity contribution < 1.29 is 22.7 Å². The van der Waals surface area contributed by atoms with Gasteiger partial charge in [0.25, 0.3) is 5.56 Å². The lowest BCUT2D eigenvalue weighted by Crippen LogP contribution is -2.37. The highest BCUT2D eigenvalue weighted by atomic mass is 35.5. The van der Waals surface area contributed by atoms with Crippen LogP contribution in [-0.2, 0) is 31.5 Å². The molecule has 1 saturated heterocycles.